The van der Waals surface area contributed by atoms with Crippen molar-refractivity contribution in [2.45, 2.75) is 58.0 Å². The van der Waals surface area contributed by atoms with Gasteiger partial charge in [0.25, 0.3) is 0 Å². The van der Waals surface area contributed by atoms with Gasteiger partial charge in [0, 0.05) is 57.2 Å². The zero-order valence-electron chi connectivity index (χ0n) is 16.1. The Balaban J connectivity index is 1.58. The summed E-state index contributed by atoms with van der Waals surface area (Å²) in [7, 11) is 1.74. The second-order valence-corrected chi connectivity index (χ2v) is 8.33. The smallest absolute Gasteiger partial charge is 0.377 e. The number of rotatable bonds is 2. The van der Waals surface area contributed by atoms with Crippen LogP contribution in [0.4, 0.5) is 13.2 Å². The van der Waals surface area contributed by atoms with Crippen molar-refractivity contribution in [3.63, 3.8) is 0 Å². The lowest BCUT2D eigenvalue weighted by Gasteiger charge is -2.60. The highest BCUT2D eigenvalue weighted by Crippen LogP contribution is 2.51. The molecule has 1 N–H and O–H groups in total. The van der Waals surface area contributed by atoms with Gasteiger partial charge >= 0.3 is 6.18 Å². The van der Waals surface area contributed by atoms with E-state index in [1.54, 1.807) is 7.05 Å². The summed E-state index contributed by atoms with van der Waals surface area (Å²) >= 11 is 0. The molecule has 0 aromatic heterocycles. The van der Waals surface area contributed by atoms with Crippen molar-refractivity contribution in [2.75, 3.05) is 39.8 Å². The highest BCUT2D eigenvalue weighted by molar-refractivity contribution is 5.80. The molecule has 0 aromatic rings. The quantitative estimate of drug-likeness (QED) is 0.593. The molecule has 26 heavy (non-hydrogen) atoms. The summed E-state index contributed by atoms with van der Waals surface area (Å²) in [5.74, 6) is 1.29. The highest BCUT2D eigenvalue weighted by atomic mass is 19.4. The number of hydrogen-bond donors (Lipinski definition) is 1. The van der Waals surface area contributed by atoms with Crippen LogP contribution < -0.4 is 5.32 Å². The summed E-state index contributed by atoms with van der Waals surface area (Å²) in [5, 5.41) is 3.59. The summed E-state index contributed by atoms with van der Waals surface area (Å²) in [6.07, 6.45) is -1.65. The molecule has 150 valence electrons. The maximum atomic E-state index is 12.9. The molecular formula is C18H31F3N4O. The van der Waals surface area contributed by atoms with Crippen molar-refractivity contribution in [3.05, 3.63) is 0 Å². The van der Waals surface area contributed by atoms with E-state index in [1.165, 1.54) is 11.8 Å². The molecule has 2 saturated heterocycles. The summed E-state index contributed by atoms with van der Waals surface area (Å²) < 4.78 is 44.7. The largest absolute Gasteiger partial charge is 0.403 e. The van der Waals surface area contributed by atoms with Gasteiger partial charge in [-0.05, 0) is 19.8 Å². The van der Waals surface area contributed by atoms with Crippen LogP contribution in [0.1, 0.15) is 33.6 Å². The Bertz CT molecular complexity index is 529. The van der Waals surface area contributed by atoms with Crippen LogP contribution >= 0.6 is 0 Å². The number of guanidine groups is 1. The number of hydrogen-bond acceptors (Lipinski definition) is 3. The molecule has 0 radical (unpaired) electrons. The molecule has 3 aliphatic rings. The van der Waals surface area contributed by atoms with E-state index in [2.05, 4.69) is 29.1 Å². The second-order valence-electron chi connectivity index (χ2n) is 8.33. The minimum atomic E-state index is -4.17. The van der Waals surface area contributed by atoms with E-state index in [-0.39, 0.29) is 11.5 Å². The molecule has 5 nitrogen and oxygen atoms in total. The van der Waals surface area contributed by atoms with E-state index in [0.29, 0.717) is 38.1 Å². The summed E-state index contributed by atoms with van der Waals surface area (Å²) in [6, 6.07) is -1.11. The number of piperazine rings is 1. The van der Waals surface area contributed by atoms with Gasteiger partial charge < -0.3 is 15.0 Å². The number of nitrogens with zero attached hydrogens (tertiary/aromatic N) is 3. The van der Waals surface area contributed by atoms with Crippen LogP contribution in [0, 0.1) is 11.3 Å². The average Bonchev–Trinajstić information content (AvgIpc) is 2.61. The lowest BCUT2D eigenvalue weighted by Crippen LogP contribution is -2.71. The Morgan fingerprint density at radius 3 is 2.46 bits per heavy atom. The number of ether oxygens (including phenoxy) is 1. The molecule has 3 rings (SSSR count). The first kappa shape index (κ1) is 19.7. The fourth-order valence-corrected chi connectivity index (χ4v) is 4.78. The zero-order valence-corrected chi connectivity index (χ0v) is 16.1. The number of fused-ring (bicyclic) bond motifs is 1. The van der Waals surface area contributed by atoms with E-state index in [0.717, 1.165) is 25.4 Å². The van der Waals surface area contributed by atoms with Crippen molar-refractivity contribution < 1.29 is 17.9 Å². The van der Waals surface area contributed by atoms with Crippen LogP contribution in [0.15, 0.2) is 4.99 Å². The summed E-state index contributed by atoms with van der Waals surface area (Å²) in [4.78, 5) is 7.98. The van der Waals surface area contributed by atoms with Gasteiger partial charge in [-0.3, -0.25) is 9.89 Å². The number of halogens is 3. The highest BCUT2D eigenvalue weighted by Gasteiger charge is 2.58. The molecule has 0 spiro atoms. The van der Waals surface area contributed by atoms with Gasteiger partial charge in [0.2, 0.25) is 0 Å². The topological polar surface area (TPSA) is 40.1 Å². The van der Waals surface area contributed by atoms with Gasteiger partial charge in [0.1, 0.15) is 6.04 Å². The Hall–Kier alpha value is -1.02. The van der Waals surface area contributed by atoms with Crippen LogP contribution in [-0.2, 0) is 4.74 Å². The Morgan fingerprint density at radius 1 is 1.23 bits per heavy atom. The molecule has 1 saturated carbocycles. The molecule has 0 amide bonds. The van der Waals surface area contributed by atoms with E-state index >= 15 is 0 Å². The van der Waals surface area contributed by atoms with Crippen molar-refractivity contribution in [1.29, 1.82) is 0 Å². The number of nitrogens with one attached hydrogen (secondary N) is 1. The number of alkyl halides is 3. The third-order valence-electron chi connectivity index (χ3n) is 6.46. The maximum absolute atomic E-state index is 12.9. The van der Waals surface area contributed by atoms with Gasteiger partial charge in [0.05, 0.1) is 6.10 Å². The molecule has 2 aliphatic heterocycles. The van der Waals surface area contributed by atoms with Gasteiger partial charge in [-0.15, -0.1) is 0 Å². The molecule has 2 heterocycles. The Kier molecular flexibility index (Phi) is 5.45. The van der Waals surface area contributed by atoms with Crippen molar-refractivity contribution in [3.8, 4) is 0 Å². The molecule has 0 bridgehead atoms. The zero-order chi connectivity index (χ0) is 19.1. The summed E-state index contributed by atoms with van der Waals surface area (Å²) in [6.45, 7) is 8.40. The lowest BCUT2D eigenvalue weighted by molar-refractivity contribution is -0.189. The van der Waals surface area contributed by atoms with E-state index in [4.69, 9.17) is 4.74 Å². The monoisotopic (exact) mass is 376 g/mol. The number of aliphatic imine (C=N–C) groups is 1. The molecule has 3 fully saturated rings. The molecule has 4 atom stereocenters. The van der Waals surface area contributed by atoms with Gasteiger partial charge in [-0.1, -0.05) is 13.8 Å². The van der Waals surface area contributed by atoms with Crippen molar-refractivity contribution >= 4 is 5.96 Å². The van der Waals surface area contributed by atoms with Gasteiger partial charge in [-0.25, -0.2) is 0 Å². The maximum Gasteiger partial charge on any atom is 0.403 e. The fraction of sp³-hybridized carbons (Fsp3) is 0.944. The predicted molar refractivity (Wildman–Crippen MR) is 95.2 cm³/mol. The summed E-state index contributed by atoms with van der Waals surface area (Å²) in [5.41, 5.74) is 0.0354. The average molecular weight is 376 g/mol. The van der Waals surface area contributed by atoms with Gasteiger partial charge in [-0.2, -0.15) is 13.2 Å². The first-order chi connectivity index (χ1) is 12.2. The molecule has 8 heteroatoms. The van der Waals surface area contributed by atoms with E-state index in [1.807, 2.05) is 0 Å². The van der Waals surface area contributed by atoms with Crippen molar-refractivity contribution in [2.24, 2.45) is 16.3 Å². The minimum Gasteiger partial charge on any atom is -0.377 e. The minimum absolute atomic E-state index is 0.0354. The van der Waals surface area contributed by atoms with Crippen LogP contribution in [0.5, 0.6) is 0 Å². The normalized spacial score (nSPS) is 34.0. The van der Waals surface area contributed by atoms with E-state index in [9.17, 15) is 13.2 Å². The lowest BCUT2D eigenvalue weighted by atomic mass is 9.55. The predicted octanol–water partition coefficient (Wildman–Crippen LogP) is 2.33. The molecule has 4 unspecified atom stereocenters. The SMILES string of the molecule is CN=C(NC1C2CCCOC2C1(C)C)N1CCN(C(C)C(F)(F)F)CC1. The Labute approximate surface area is 154 Å². The third kappa shape index (κ3) is 3.54. The van der Waals surface area contributed by atoms with Crippen molar-refractivity contribution in [1.82, 2.24) is 15.1 Å². The van der Waals surface area contributed by atoms with Crippen LogP contribution in [0.2, 0.25) is 0 Å². The van der Waals surface area contributed by atoms with Crippen LogP contribution in [0.3, 0.4) is 0 Å². The second kappa shape index (κ2) is 7.19. The third-order valence-corrected chi connectivity index (χ3v) is 6.46. The molecule has 1 aliphatic carbocycles. The van der Waals surface area contributed by atoms with Gasteiger partial charge in [0.15, 0.2) is 5.96 Å². The first-order valence-corrected chi connectivity index (χ1v) is 9.57. The Morgan fingerprint density at radius 2 is 1.88 bits per heavy atom. The first-order valence-electron chi connectivity index (χ1n) is 9.57. The van der Waals surface area contributed by atoms with Crippen LogP contribution in [-0.4, -0.2) is 80.0 Å². The molecule has 0 aromatic carbocycles. The standard InChI is InChI=1S/C18H31F3N4O/c1-12(18(19,20)21)24-7-9-25(10-8-24)16(22-4)23-14-13-6-5-11-26-15(13)17(14,2)3/h12-15H,5-11H2,1-4H3,(H,22,23). The fourth-order valence-electron chi connectivity index (χ4n) is 4.78. The van der Waals surface area contributed by atoms with Crippen LogP contribution in [0.25, 0.3) is 0 Å². The van der Waals surface area contributed by atoms with E-state index < -0.39 is 12.2 Å². The molecular weight excluding hydrogens is 345 g/mol.